The predicted molar refractivity (Wildman–Crippen MR) is 73.7 cm³/mol. The molecule has 4 heteroatoms. The van der Waals surface area contributed by atoms with E-state index in [1.54, 1.807) is 0 Å². The maximum Gasteiger partial charge on any atom is 0.316 e. The minimum atomic E-state index is 0.129. The van der Waals surface area contributed by atoms with Crippen LogP contribution in [0.5, 0.6) is 6.01 Å². The summed E-state index contributed by atoms with van der Waals surface area (Å²) in [5.41, 5.74) is 2.09. The van der Waals surface area contributed by atoms with Crippen molar-refractivity contribution in [3.63, 3.8) is 0 Å². The number of aromatic nitrogens is 2. The number of aryl methyl sites for hydroxylation is 1. The van der Waals surface area contributed by atoms with Crippen molar-refractivity contribution in [2.45, 2.75) is 60.2 Å². The van der Waals surface area contributed by atoms with E-state index in [1.807, 2.05) is 20.0 Å². The number of ether oxygens (including phenoxy) is 1. The summed E-state index contributed by atoms with van der Waals surface area (Å²) in [6.45, 7) is 13.3. The molecular formula is C14H25N3O. The lowest BCUT2D eigenvalue weighted by Crippen LogP contribution is -2.23. The zero-order chi connectivity index (χ0) is 13.7. The Morgan fingerprint density at radius 1 is 1.22 bits per heavy atom. The normalized spacial score (nSPS) is 13.1. The van der Waals surface area contributed by atoms with E-state index in [0.717, 1.165) is 17.8 Å². The first kappa shape index (κ1) is 14.9. The van der Waals surface area contributed by atoms with Gasteiger partial charge in [-0.25, -0.2) is 9.97 Å². The van der Waals surface area contributed by atoms with Gasteiger partial charge >= 0.3 is 6.01 Å². The van der Waals surface area contributed by atoms with Crippen LogP contribution in [0.25, 0.3) is 0 Å². The van der Waals surface area contributed by atoms with Crippen molar-refractivity contribution in [3.8, 4) is 6.01 Å². The standard InChI is InChI=1S/C14H25N3O/c1-9(2)12(6)18-14-16-8-13(11(5)17-14)7-15-10(3)4/h8-10,12,15H,7H2,1-6H3. The summed E-state index contributed by atoms with van der Waals surface area (Å²) in [5, 5.41) is 3.36. The van der Waals surface area contributed by atoms with Crippen LogP contribution in [0, 0.1) is 12.8 Å². The summed E-state index contributed by atoms with van der Waals surface area (Å²) in [6.07, 6.45) is 1.98. The molecule has 0 aliphatic rings. The average molecular weight is 251 g/mol. The van der Waals surface area contributed by atoms with E-state index >= 15 is 0 Å². The number of hydrogen-bond donors (Lipinski definition) is 1. The predicted octanol–water partition coefficient (Wildman–Crippen LogP) is 2.71. The molecule has 0 aromatic carbocycles. The molecule has 4 nitrogen and oxygen atoms in total. The highest BCUT2D eigenvalue weighted by Crippen LogP contribution is 2.13. The molecule has 0 saturated carbocycles. The van der Waals surface area contributed by atoms with Gasteiger partial charge in [-0.05, 0) is 19.8 Å². The summed E-state index contributed by atoms with van der Waals surface area (Å²) in [5.74, 6) is 0.455. The third kappa shape index (κ3) is 4.61. The lowest BCUT2D eigenvalue weighted by molar-refractivity contribution is 0.155. The quantitative estimate of drug-likeness (QED) is 0.844. The molecule has 0 amide bonds. The van der Waals surface area contributed by atoms with Crippen molar-refractivity contribution in [2.75, 3.05) is 0 Å². The van der Waals surface area contributed by atoms with E-state index in [1.165, 1.54) is 0 Å². The molecule has 0 bridgehead atoms. The van der Waals surface area contributed by atoms with E-state index in [0.29, 0.717) is 18.0 Å². The fourth-order valence-electron chi connectivity index (χ4n) is 1.32. The Bertz CT molecular complexity index is 377. The second-order valence-electron chi connectivity index (χ2n) is 5.37. The molecule has 1 aromatic heterocycles. The van der Waals surface area contributed by atoms with Crippen molar-refractivity contribution < 1.29 is 4.74 Å². The second kappa shape index (κ2) is 6.69. The molecule has 18 heavy (non-hydrogen) atoms. The van der Waals surface area contributed by atoms with Gasteiger partial charge in [0.1, 0.15) is 6.10 Å². The molecule has 1 atom stereocenters. The van der Waals surface area contributed by atoms with Crippen LogP contribution in [0.4, 0.5) is 0 Å². The molecule has 1 rings (SSSR count). The SMILES string of the molecule is Cc1nc(OC(C)C(C)C)ncc1CNC(C)C. The summed E-state index contributed by atoms with van der Waals surface area (Å²) in [6, 6.07) is 0.934. The van der Waals surface area contributed by atoms with E-state index < -0.39 is 0 Å². The fraction of sp³-hybridized carbons (Fsp3) is 0.714. The van der Waals surface area contributed by atoms with Crippen LogP contribution >= 0.6 is 0 Å². The molecule has 0 radical (unpaired) electrons. The molecule has 1 heterocycles. The highest BCUT2D eigenvalue weighted by atomic mass is 16.5. The average Bonchev–Trinajstić information content (AvgIpc) is 2.27. The minimum absolute atomic E-state index is 0.129. The van der Waals surface area contributed by atoms with Crippen LogP contribution < -0.4 is 10.1 Å². The van der Waals surface area contributed by atoms with Crippen LogP contribution in [0.1, 0.15) is 45.9 Å². The Labute approximate surface area is 110 Å². The topological polar surface area (TPSA) is 47.0 Å². The van der Waals surface area contributed by atoms with Gasteiger partial charge in [0.2, 0.25) is 0 Å². The Hall–Kier alpha value is -1.16. The fourth-order valence-corrected chi connectivity index (χ4v) is 1.32. The number of nitrogens with one attached hydrogen (secondary N) is 1. The van der Waals surface area contributed by atoms with Gasteiger partial charge in [-0.1, -0.05) is 27.7 Å². The minimum Gasteiger partial charge on any atom is -0.460 e. The van der Waals surface area contributed by atoms with Crippen LogP contribution in [-0.4, -0.2) is 22.1 Å². The summed E-state index contributed by atoms with van der Waals surface area (Å²) >= 11 is 0. The number of hydrogen-bond acceptors (Lipinski definition) is 4. The maximum atomic E-state index is 5.69. The zero-order valence-corrected chi connectivity index (χ0v) is 12.3. The third-order valence-corrected chi connectivity index (χ3v) is 2.99. The third-order valence-electron chi connectivity index (χ3n) is 2.99. The Balaban J connectivity index is 2.67. The lowest BCUT2D eigenvalue weighted by atomic mass is 10.1. The molecule has 0 spiro atoms. The molecular weight excluding hydrogens is 226 g/mol. The second-order valence-corrected chi connectivity index (χ2v) is 5.37. The molecule has 0 aliphatic carbocycles. The van der Waals surface area contributed by atoms with Crippen molar-refractivity contribution in [1.29, 1.82) is 0 Å². The Morgan fingerprint density at radius 2 is 1.89 bits per heavy atom. The number of nitrogens with zero attached hydrogens (tertiary/aromatic N) is 2. The molecule has 0 fully saturated rings. The largest absolute Gasteiger partial charge is 0.460 e. The monoisotopic (exact) mass is 251 g/mol. The van der Waals surface area contributed by atoms with Gasteiger partial charge in [0, 0.05) is 30.0 Å². The molecule has 1 unspecified atom stereocenters. The molecule has 1 aromatic rings. The highest BCUT2D eigenvalue weighted by Gasteiger charge is 2.11. The molecule has 1 N–H and O–H groups in total. The van der Waals surface area contributed by atoms with Crippen molar-refractivity contribution >= 4 is 0 Å². The van der Waals surface area contributed by atoms with Gasteiger partial charge in [-0.3, -0.25) is 0 Å². The first-order valence-corrected chi connectivity index (χ1v) is 6.62. The summed E-state index contributed by atoms with van der Waals surface area (Å²) < 4.78 is 5.69. The first-order chi connectivity index (χ1) is 8.40. The first-order valence-electron chi connectivity index (χ1n) is 6.62. The molecule has 0 aliphatic heterocycles. The van der Waals surface area contributed by atoms with Crippen LogP contribution in [0.2, 0.25) is 0 Å². The zero-order valence-electron chi connectivity index (χ0n) is 12.3. The summed E-state index contributed by atoms with van der Waals surface area (Å²) in [7, 11) is 0. The smallest absolute Gasteiger partial charge is 0.316 e. The van der Waals surface area contributed by atoms with Gasteiger partial charge in [0.15, 0.2) is 0 Å². The van der Waals surface area contributed by atoms with Gasteiger partial charge in [-0.2, -0.15) is 0 Å². The molecule has 0 saturated heterocycles. The summed E-state index contributed by atoms with van der Waals surface area (Å²) in [4.78, 5) is 8.67. The van der Waals surface area contributed by atoms with Crippen LogP contribution in [0.3, 0.4) is 0 Å². The molecule has 102 valence electrons. The van der Waals surface area contributed by atoms with Crippen molar-refractivity contribution in [2.24, 2.45) is 5.92 Å². The highest BCUT2D eigenvalue weighted by molar-refractivity contribution is 5.17. The van der Waals surface area contributed by atoms with E-state index in [2.05, 4.69) is 43.0 Å². The van der Waals surface area contributed by atoms with Crippen molar-refractivity contribution in [3.05, 3.63) is 17.5 Å². The Morgan fingerprint density at radius 3 is 2.39 bits per heavy atom. The van der Waals surface area contributed by atoms with E-state index in [-0.39, 0.29) is 6.10 Å². The van der Waals surface area contributed by atoms with Crippen LogP contribution in [-0.2, 0) is 6.54 Å². The number of rotatable bonds is 6. The maximum absolute atomic E-state index is 5.69. The van der Waals surface area contributed by atoms with Gasteiger partial charge in [-0.15, -0.1) is 0 Å². The van der Waals surface area contributed by atoms with E-state index in [4.69, 9.17) is 4.74 Å². The Kier molecular flexibility index (Phi) is 5.54. The van der Waals surface area contributed by atoms with Crippen LogP contribution in [0.15, 0.2) is 6.20 Å². The lowest BCUT2D eigenvalue weighted by Gasteiger charge is -2.17. The van der Waals surface area contributed by atoms with Gasteiger partial charge in [0.05, 0.1) is 0 Å². The van der Waals surface area contributed by atoms with Gasteiger partial charge in [0.25, 0.3) is 0 Å². The van der Waals surface area contributed by atoms with E-state index in [9.17, 15) is 0 Å². The van der Waals surface area contributed by atoms with Crippen molar-refractivity contribution in [1.82, 2.24) is 15.3 Å². The van der Waals surface area contributed by atoms with Gasteiger partial charge < -0.3 is 10.1 Å².